The van der Waals surface area contributed by atoms with Crippen LogP contribution in [0.1, 0.15) is 17.5 Å². The first-order valence-electron chi connectivity index (χ1n) is 6.88. The summed E-state index contributed by atoms with van der Waals surface area (Å²) < 4.78 is 27.9. The van der Waals surface area contributed by atoms with Crippen molar-refractivity contribution in [2.75, 3.05) is 27.2 Å². The molecule has 0 aliphatic carbocycles. The molecule has 1 fully saturated rings. The molecule has 1 unspecified atom stereocenters. The van der Waals surface area contributed by atoms with Crippen molar-refractivity contribution in [3.63, 3.8) is 0 Å². The summed E-state index contributed by atoms with van der Waals surface area (Å²) in [5, 5.41) is 3.06. The summed E-state index contributed by atoms with van der Waals surface area (Å²) >= 11 is 0. The van der Waals surface area contributed by atoms with Crippen LogP contribution in [0, 0.1) is 6.92 Å². The van der Waals surface area contributed by atoms with Crippen molar-refractivity contribution in [3.8, 4) is 0 Å². The van der Waals surface area contributed by atoms with Crippen molar-refractivity contribution >= 4 is 10.0 Å². The third-order valence-electron chi connectivity index (χ3n) is 3.77. The highest BCUT2D eigenvalue weighted by molar-refractivity contribution is 7.89. The molecular formula is C14H23N3O2S. The Labute approximate surface area is 121 Å². The summed E-state index contributed by atoms with van der Waals surface area (Å²) in [6.45, 7) is 4.24. The maximum atomic E-state index is 12.5. The zero-order chi connectivity index (χ0) is 14.8. The van der Waals surface area contributed by atoms with Crippen molar-refractivity contribution in [2.24, 2.45) is 0 Å². The molecular weight excluding hydrogens is 274 g/mol. The lowest BCUT2D eigenvalue weighted by Gasteiger charge is -2.16. The molecule has 1 atom stereocenters. The Kier molecular flexibility index (Phi) is 4.80. The predicted molar refractivity (Wildman–Crippen MR) is 80.2 cm³/mol. The molecule has 1 aromatic carbocycles. The molecule has 0 bridgehead atoms. The molecule has 1 heterocycles. The number of rotatable bonds is 5. The van der Waals surface area contributed by atoms with E-state index in [0.717, 1.165) is 30.6 Å². The quantitative estimate of drug-likeness (QED) is 0.840. The molecule has 0 aromatic heterocycles. The first kappa shape index (κ1) is 15.4. The number of benzene rings is 1. The highest BCUT2D eigenvalue weighted by Crippen LogP contribution is 2.20. The second-order valence-electron chi connectivity index (χ2n) is 5.44. The van der Waals surface area contributed by atoms with E-state index in [4.69, 9.17) is 0 Å². The maximum absolute atomic E-state index is 12.5. The number of sulfonamides is 1. The zero-order valence-electron chi connectivity index (χ0n) is 12.3. The molecule has 0 radical (unpaired) electrons. The van der Waals surface area contributed by atoms with Crippen molar-refractivity contribution in [1.29, 1.82) is 0 Å². The molecule has 112 valence electrons. The second kappa shape index (κ2) is 6.22. The van der Waals surface area contributed by atoms with E-state index in [1.807, 2.05) is 27.1 Å². The molecule has 1 aromatic rings. The average Bonchev–Trinajstić information content (AvgIpc) is 2.76. The van der Waals surface area contributed by atoms with Gasteiger partial charge in [0.25, 0.3) is 0 Å². The molecule has 0 spiro atoms. The van der Waals surface area contributed by atoms with Crippen molar-refractivity contribution in [2.45, 2.75) is 30.8 Å². The number of nitrogens with zero attached hydrogens (tertiary/aromatic N) is 1. The summed E-state index contributed by atoms with van der Waals surface area (Å²) in [4.78, 5) is 2.53. The Hall–Kier alpha value is -0.950. The van der Waals surface area contributed by atoms with Crippen LogP contribution in [0.5, 0.6) is 0 Å². The van der Waals surface area contributed by atoms with E-state index in [1.165, 1.54) is 0 Å². The van der Waals surface area contributed by atoms with Gasteiger partial charge in [0.15, 0.2) is 0 Å². The van der Waals surface area contributed by atoms with Crippen LogP contribution in [0.25, 0.3) is 0 Å². The van der Waals surface area contributed by atoms with E-state index < -0.39 is 10.0 Å². The highest BCUT2D eigenvalue weighted by Gasteiger charge is 2.26. The molecule has 0 saturated carbocycles. The summed E-state index contributed by atoms with van der Waals surface area (Å²) in [7, 11) is 0.418. The lowest BCUT2D eigenvalue weighted by atomic mass is 10.1. The third-order valence-corrected chi connectivity index (χ3v) is 5.43. The van der Waals surface area contributed by atoms with Gasteiger partial charge < -0.3 is 10.2 Å². The predicted octanol–water partition coefficient (Wildman–Crippen LogP) is 0.697. The molecule has 6 heteroatoms. The number of nitrogens with one attached hydrogen (secondary N) is 2. The fraction of sp³-hybridized carbons (Fsp3) is 0.571. The van der Waals surface area contributed by atoms with Crippen LogP contribution < -0.4 is 10.0 Å². The van der Waals surface area contributed by atoms with Crippen LogP contribution in [0.2, 0.25) is 0 Å². The number of hydrogen-bond acceptors (Lipinski definition) is 4. The fourth-order valence-corrected chi connectivity index (χ4v) is 4.20. The average molecular weight is 297 g/mol. The van der Waals surface area contributed by atoms with Crippen molar-refractivity contribution in [3.05, 3.63) is 29.3 Å². The minimum absolute atomic E-state index is 0.0114. The second-order valence-corrected chi connectivity index (χ2v) is 7.12. The maximum Gasteiger partial charge on any atom is 0.241 e. The van der Waals surface area contributed by atoms with Crippen LogP contribution >= 0.6 is 0 Å². The number of likely N-dealkylation sites (N-methyl/N-ethyl adjacent to an activating group) is 1. The Bertz CT molecular complexity index is 572. The van der Waals surface area contributed by atoms with Gasteiger partial charge in [-0.15, -0.1) is 0 Å². The normalized spacial score (nSPS) is 20.4. The highest BCUT2D eigenvalue weighted by atomic mass is 32.2. The van der Waals surface area contributed by atoms with Gasteiger partial charge in [-0.2, -0.15) is 0 Å². The van der Waals surface area contributed by atoms with E-state index in [1.54, 1.807) is 12.1 Å². The zero-order valence-corrected chi connectivity index (χ0v) is 13.1. The Balaban J connectivity index is 2.23. The van der Waals surface area contributed by atoms with Crippen molar-refractivity contribution in [1.82, 2.24) is 14.9 Å². The van der Waals surface area contributed by atoms with Crippen LogP contribution in [-0.2, 0) is 16.6 Å². The lowest BCUT2D eigenvalue weighted by molar-refractivity contribution is 0.407. The molecule has 20 heavy (non-hydrogen) atoms. The largest absolute Gasteiger partial charge is 0.316 e. The Morgan fingerprint density at radius 3 is 2.75 bits per heavy atom. The fourth-order valence-electron chi connectivity index (χ4n) is 2.65. The van der Waals surface area contributed by atoms with E-state index in [0.29, 0.717) is 11.4 Å². The van der Waals surface area contributed by atoms with Crippen LogP contribution in [-0.4, -0.2) is 46.5 Å². The molecule has 1 aliphatic rings. The van der Waals surface area contributed by atoms with Gasteiger partial charge in [0.05, 0.1) is 4.90 Å². The van der Waals surface area contributed by atoms with Crippen molar-refractivity contribution < 1.29 is 8.42 Å². The van der Waals surface area contributed by atoms with Gasteiger partial charge in [-0.1, -0.05) is 12.1 Å². The van der Waals surface area contributed by atoms with Gasteiger partial charge in [-0.05, 0) is 51.2 Å². The molecule has 5 nitrogen and oxygen atoms in total. The lowest BCUT2D eigenvalue weighted by Crippen LogP contribution is -2.36. The summed E-state index contributed by atoms with van der Waals surface area (Å²) in [6, 6.07) is 5.44. The smallest absolute Gasteiger partial charge is 0.241 e. The first-order valence-corrected chi connectivity index (χ1v) is 8.36. The van der Waals surface area contributed by atoms with E-state index in [2.05, 4.69) is 14.9 Å². The standard InChI is InChI=1S/C14H23N3O2S/c1-11-12(9-15-2)5-4-6-14(11)20(18,19)16-13-7-8-17(3)10-13/h4-6,13,15-16H,7-10H2,1-3H3. The first-order chi connectivity index (χ1) is 9.44. The van der Waals surface area contributed by atoms with Crippen LogP contribution in [0.3, 0.4) is 0 Å². The minimum Gasteiger partial charge on any atom is -0.316 e. The molecule has 1 aliphatic heterocycles. The van der Waals surface area contributed by atoms with Gasteiger partial charge >= 0.3 is 0 Å². The van der Waals surface area contributed by atoms with Gasteiger partial charge in [-0.3, -0.25) is 0 Å². The Morgan fingerprint density at radius 2 is 2.15 bits per heavy atom. The van der Waals surface area contributed by atoms with E-state index in [-0.39, 0.29) is 6.04 Å². The molecule has 0 amide bonds. The SMILES string of the molecule is CNCc1cccc(S(=O)(=O)NC2CCN(C)C2)c1C. The number of likely N-dealkylation sites (tertiary alicyclic amines) is 1. The third kappa shape index (κ3) is 3.38. The van der Waals surface area contributed by atoms with E-state index >= 15 is 0 Å². The Morgan fingerprint density at radius 1 is 1.40 bits per heavy atom. The minimum atomic E-state index is -3.44. The molecule has 1 saturated heterocycles. The summed E-state index contributed by atoms with van der Waals surface area (Å²) in [6.07, 6.45) is 0.866. The molecule has 2 N–H and O–H groups in total. The summed E-state index contributed by atoms with van der Waals surface area (Å²) in [5.41, 5.74) is 1.83. The number of hydrogen-bond donors (Lipinski definition) is 2. The van der Waals surface area contributed by atoms with E-state index in [9.17, 15) is 8.42 Å². The topological polar surface area (TPSA) is 61.4 Å². The van der Waals surface area contributed by atoms with Crippen LogP contribution in [0.15, 0.2) is 23.1 Å². The van der Waals surface area contributed by atoms with Crippen LogP contribution in [0.4, 0.5) is 0 Å². The monoisotopic (exact) mass is 297 g/mol. The van der Waals surface area contributed by atoms with Gasteiger partial charge in [0.2, 0.25) is 10.0 Å². The van der Waals surface area contributed by atoms with Gasteiger partial charge in [0.1, 0.15) is 0 Å². The summed E-state index contributed by atoms with van der Waals surface area (Å²) in [5.74, 6) is 0. The molecule has 2 rings (SSSR count). The van der Waals surface area contributed by atoms with Gasteiger partial charge in [0, 0.05) is 19.1 Å². The van der Waals surface area contributed by atoms with Gasteiger partial charge in [-0.25, -0.2) is 13.1 Å².